The minimum Gasteiger partial charge on any atom is -0.497 e. The summed E-state index contributed by atoms with van der Waals surface area (Å²) in [7, 11) is -2.63. The van der Waals surface area contributed by atoms with Crippen LogP contribution in [0.25, 0.3) is 0 Å². The van der Waals surface area contributed by atoms with Crippen molar-refractivity contribution >= 4 is 27.5 Å². The maximum absolute atomic E-state index is 14.1. The minimum absolute atomic E-state index is 0.0276. The average Bonchev–Trinajstić information content (AvgIpc) is 2.97. The first-order valence-corrected chi connectivity index (χ1v) is 15.0. The van der Waals surface area contributed by atoms with Crippen LogP contribution in [0.2, 0.25) is 0 Å². The number of nitrogens with one attached hydrogen (secondary N) is 1. The molecule has 0 aromatic heterocycles. The molecule has 0 heterocycles. The van der Waals surface area contributed by atoms with Crippen LogP contribution in [0.15, 0.2) is 83.8 Å². The van der Waals surface area contributed by atoms with E-state index < -0.39 is 28.5 Å². The van der Waals surface area contributed by atoms with E-state index in [1.54, 1.807) is 42.5 Å². The molecule has 3 aromatic carbocycles. The number of methoxy groups -OCH3 is 1. The zero-order chi connectivity index (χ0) is 29.1. The van der Waals surface area contributed by atoms with Crippen LogP contribution < -0.4 is 14.4 Å². The van der Waals surface area contributed by atoms with Crippen LogP contribution in [0.4, 0.5) is 5.69 Å². The summed E-state index contributed by atoms with van der Waals surface area (Å²) >= 11 is 0. The van der Waals surface area contributed by atoms with Crippen LogP contribution in [0.3, 0.4) is 0 Å². The maximum atomic E-state index is 14.1. The van der Waals surface area contributed by atoms with Crippen molar-refractivity contribution in [3.05, 3.63) is 90.0 Å². The van der Waals surface area contributed by atoms with E-state index in [0.717, 1.165) is 28.3 Å². The Balaban J connectivity index is 2.02. The summed E-state index contributed by atoms with van der Waals surface area (Å²) in [6, 6.07) is 21.5. The normalized spacial score (nSPS) is 11.9. The van der Waals surface area contributed by atoms with Gasteiger partial charge in [0, 0.05) is 13.1 Å². The van der Waals surface area contributed by atoms with Crippen molar-refractivity contribution in [2.24, 2.45) is 0 Å². The molecule has 0 spiro atoms. The molecule has 0 fully saturated rings. The first kappa shape index (κ1) is 30.7. The first-order chi connectivity index (χ1) is 19.2. The van der Waals surface area contributed by atoms with Crippen LogP contribution in [-0.4, -0.2) is 51.4 Å². The van der Waals surface area contributed by atoms with Crippen LogP contribution >= 0.6 is 0 Å². The van der Waals surface area contributed by atoms with Crippen molar-refractivity contribution in [3.8, 4) is 5.75 Å². The number of anilines is 1. The van der Waals surface area contributed by atoms with Gasteiger partial charge in [0.05, 0.1) is 17.7 Å². The highest BCUT2D eigenvalue weighted by molar-refractivity contribution is 7.92. The predicted molar refractivity (Wildman–Crippen MR) is 158 cm³/mol. The van der Waals surface area contributed by atoms with Gasteiger partial charge >= 0.3 is 0 Å². The van der Waals surface area contributed by atoms with E-state index in [9.17, 15) is 18.0 Å². The number of ether oxygens (including phenoxy) is 1. The number of aryl methyl sites for hydroxylation is 1. The van der Waals surface area contributed by atoms with Crippen molar-refractivity contribution in [2.75, 3.05) is 24.5 Å². The molecule has 0 bridgehead atoms. The van der Waals surface area contributed by atoms with Crippen LogP contribution in [-0.2, 0) is 26.2 Å². The minimum atomic E-state index is -4.13. The van der Waals surface area contributed by atoms with Gasteiger partial charge in [0.25, 0.3) is 10.0 Å². The first-order valence-electron chi connectivity index (χ1n) is 13.6. The number of para-hydroxylation sites is 1. The van der Waals surface area contributed by atoms with Gasteiger partial charge in [-0.15, -0.1) is 0 Å². The van der Waals surface area contributed by atoms with E-state index in [-0.39, 0.29) is 17.3 Å². The van der Waals surface area contributed by atoms with Gasteiger partial charge in [0.2, 0.25) is 11.8 Å². The third-order valence-electron chi connectivity index (χ3n) is 6.79. The lowest BCUT2D eigenvalue weighted by Gasteiger charge is -2.33. The molecule has 3 rings (SSSR count). The Hall–Kier alpha value is -3.85. The van der Waals surface area contributed by atoms with Gasteiger partial charge in [-0.25, -0.2) is 8.42 Å². The van der Waals surface area contributed by atoms with Gasteiger partial charge in [0.1, 0.15) is 18.3 Å². The molecular formula is C31H39N3O5S. The molecule has 3 aromatic rings. The highest BCUT2D eigenvalue weighted by Crippen LogP contribution is 2.26. The maximum Gasteiger partial charge on any atom is 0.264 e. The Bertz CT molecular complexity index is 1360. The fraction of sp³-hybridized carbons (Fsp3) is 0.355. The summed E-state index contributed by atoms with van der Waals surface area (Å²) in [6.07, 6.45) is 2.14. The number of benzene rings is 3. The molecule has 1 N–H and O–H groups in total. The second kappa shape index (κ2) is 14.5. The fourth-order valence-corrected chi connectivity index (χ4v) is 5.81. The lowest BCUT2D eigenvalue weighted by Crippen LogP contribution is -2.52. The van der Waals surface area contributed by atoms with Gasteiger partial charge in [-0.3, -0.25) is 13.9 Å². The van der Waals surface area contributed by atoms with Crippen molar-refractivity contribution in [2.45, 2.75) is 57.5 Å². The topological polar surface area (TPSA) is 96.0 Å². The van der Waals surface area contributed by atoms with Crippen molar-refractivity contribution in [1.82, 2.24) is 10.2 Å². The summed E-state index contributed by atoms with van der Waals surface area (Å²) < 4.78 is 34.1. The third-order valence-corrected chi connectivity index (χ3v) is 8.58. The van der Waals surface area contributed by atoms with Crippen molar-refractivity contribution in [1.29, 1.82) is 0 Å². The Morgan fingerprint density at radius 2 is 1.57 bits per heavy atom. The molecular weight excluding hydrogens is 526 g/mol. The molecule has 2 amide bonds. The third kappa shape index (κ3) is 7.63. The summed E-state index contributed by atoms with van der Waals surface area (Å²) in [5.74, 6) is -0.200. The van der Waals surface area contributed by atoms with E-state index in [1.807, 2.05) is 45.0 Å². The highest BCUT2D eigenvalue weighted by atomic mass is 32.2. The van der Waals surface area contributed by atoms with E-state index in [4.69, 9.17) is 4.74 Å². The standard InChI is InChI=1S/C31H39N3O5S/c1-5-7-21-32-31(36)29(6-2)33(22-25-14-12-11-13-24(25)3)30(35)23-34(26-15-9-8-10-16-26)40(37,38)28-19-17-27(39-4)18-20-28/h8-20,29H,5-7,21-23H2,1-4H3,(H,32,36). The number of sulfonamides is 1. The highest BCUT2D eigenvalue weighted by Gasteiger charge is 2.33. The van der Waals surface area contributed by atoms with Crippen LogP contribution in [0.1, 0.15) is 44.2 Å². The number of amides is 2. The number of carbonyl (C=O) groups excluding carboxylic acids is 2. The average molecular weight is 566 g/mol. The number of hydrogen-bond acceptors (Lipinski definition) is 5. The molecule has 0 aliphatic heterocycles. The number of carbonyl (C=O) groups is 2. The Morgan fingerprint density at radius 1 is 0.925 bits per heavy atom. The molecule has 1 atom stereocenters. The Labute approximate surface area is 238 Å². The molecule has 0 saturated carbocycles. The largest absolute Gasteiger partial charge is 0.497 e. The summed E-state index contributed by atoms with van der Waals surface area (Å²) in [5, 5.41) is 2.95. The second-order valence-electron chi connectivity index (χ2n) is 9.54. The molecule has 40 heavy (non-hydrogen) atoms. The molecule has 0 radical (unpaired) electrons. The van der Waals surface area contributed by atoms with Gasteiger partial charge in [0.15, 0.2) is 0 Å². The van der Waals surface area contributed by atoms with Crippen molar-refractivity contribution < 1.29 is 22.7 Å². The van der Waals surface area contributed by atoms with E-state index >= 15 is 0 Å². The molecule has 9 heteroatoms. The van der Waals surface area contributed by atoms with Crippen LogP contribution in [0.5, 0.6) is 5.75 Å². The zero-order valence-electron chi connectivity index (χ0n) is 23.7. The Kier molecular flexibility index (Phi) is 11.1. The molecule has 0 aliphatic carbocycles. The van der Waals surface area contributed by atoms with Crippen molar-refractivity contribution in [3.63, 3.8) is 0 Å². The summed E-state index contributed by atoms with van der Waals surface area (Å²) in [6.45, 7) is 6.06. The molecule has 0 saturated heterocycles. The number of hydrogen-bond donors (Lipinski definition) is 1. The molecule has 8 nitrogen and oxygen atoms in total. The zero-order valence-corrected chi connectivity index (χ0v) is 24.5. The number of nitrogens with zero attached hydrogens (tertiary/aromatic N) is 2. The molecule has 0 aliphatic rings. The van der Waals surface area contributed by atoms with Gasteiger partial charge in [-0.2, -0.15) is 0 Å². The Morgan fingerprint density at radius 3 is 2.17 bits per heavy atom. The molecule has 214 valence electrons. The fourth-order valence-electron chi connectivity index (χ4n) is 4.39. The van der Waals surface area contributed by atoms with E-state index in [1.165, 1.54) is 24.1 Å². The number of unbranched alkanes of at least 4 members (excludes halogenated alkanes) is 1. The molecule has 1 unspecified atom stereocenters. The summed E-state index contributed by atoms with van der Waals surface area (Å²) in [5.41, 5.74) is 2.22. The van der Waals surface area contributed by atoms with Crippen LogP contribution in [0, 0.1) is 6.92 Å². The van der Waals surface area contributed by atoms with Gasteiger partial charge in [-0.05, 0) is 67.3 Å². The lowest BCUT2D eigenvalue weighted by atomic mass is 10.1. The van der Waals surface area contributed by atoms with Gasteiger partial charge in [-0.1, -0.05) is 62.7 Å². The monoisotopic (exact) mass is 565 g/mol. The quantitative estimate of drug-likeness (QED) is 0.280. The second-order valence-corrected chi connectivity index (χ2v) is 11.4. The predicted octanol–water partition coefficient (Wildman–Crippen LogP) is 4.92. The van der Waals surface area contributed by atoms with Gasteiger partial charge < -0.3 is 15.0 Å². The van der Waals surface area contributed by atoms with E-state index in [0.29, 0.717) is 24.4 Å². The summed E-state index contributed by atoms with van der Waals surface area (Å²) in [4.78, 5) is 28.9. The smallest absolute Gasteiger partial charge is 0.264 e. The number of rotatable bonds is 14. The SMILES string of the molecule is CCCCNC(=O)C(CC)N(Cc1ccccc1C)C(=O)CN(c1ccccc1)S(=O)(=O)c1ccc(OC)cc1. The lowest BCUT2D eigenvalue weighted by molar-refractivity contribution is -0.140. The van der Waals surface area contributed by atoms with E-state index in [2.05, 4.69) is 5.32 Å².